The summed E-state index contributed by atoms with van der Waals surface area (Å²) in [6, 6.07) is 0. The van der Waals surface area contributed by atoms with Gasteiger partial charge in [-0.1, -0.05) is 0 Å². The van der Waals surface area contributed by atoms with Crippen molar-refractivity contribution in [2.75, 3.05) is 14.2 Å². The fraction of sp³-hybridized carbons (Fsp3) is 1.00. The van der Waals surface area contributed by atoms with Crippen LogP contribution in [0.2, 0.25) is 11.3 Å². The van der Waals surface area contributed by atoms with Gasteiger partial charge in [0.2, 0.25) is 0 Å². The van der Waals surface area contributed by atoms with Crippen LogP contribution < -0.4 is 0 Å². The van der Waals surface area contributed by atoms with E-state index in [0.29, 0.717) is 0 Å². The molecule has 0 spiro atoms. The summed E-state index contributed by atoms with van der Waals surface area (Å²) < 4.78 is 10.3. The Bertz CT molecular complexity index is 123. The van der Waals surface area contributed by atoms with Crippen molar-refractivity contribution in [2.45, 2.75) is 11.3 Å². The van der Waals surface area contributed by atoms with Gasteiger partial charge in [0.25, 0.3) is 15.3 Å². The highest BCUT2D eigenvalue weighted by Crippen LogP contribution is 2.45. The van der Waals surface area contributed by atoms with Crippen molar-refractivity contribution in [3.8, 4) is 0 Å². The molecule has 0 atom stereocenters. The molecule has 0 aromatic rings. The second-order valence-electron chi connectivity index (χ2n) is 2.53. The molecule has 2 nitrogen and oxygen atoms in total. The first-order chi connectivity index (χ1) is 4.54. The Morgan fingerprint density at radius 2 is 1.30 bits per heavy atom. The smallest absolute Gasteiger partial charge is 0.291 e. The third kappa shape index (κ3) is 1.57. The van der Waals surface area contributed by atoms with Crippen molar-refractivity contribution in [3.05, 3.63) is 0 Å². The summed E-state index contributed by atoms with van der Waals surface area (Å²) >= 11 is 12.1. The normalized spacial score (nSPS) is 46.8. The molecule has 1 fully saturated rings. The van der Waals surface area contributed by atoms with Gasteiger partial charge in [0.15, 0.2) is 0 Å². The Morgan fingerprint density at radius 3 is 1.50 bits per heavy atom. The van der Waals surface area contributed by atoms with Gasteiger partial charge in [0.1, 0.15) is 0 Å². The standard InChI is InChI=1S/C4H10Cl2O2Si2/c1-7-9(5)3-10(6,4-9)8-2/h3-4H2,1-2H3. The van der Waals surface area contributed by atoms with Crippen LogP contribution >= 0.6 is 22.2 Å². The fourth-order valence-corrected chi connectivity index (χ4v) is 18.2. The average Bonchev–Trinajstić information content (AvgIpc) is 1.85. The Morgan fingerprint density at radius 1 is 1.00 bits per heavy atom. The van der Waals surface area contributed by atoms with Crippen LogP contribution in [0.1, 0.15) is 0 Å². The van der Waals surface area contributed by atoms with Crippen molar-refractivity contribution in [3.63, 3.8) is 0 Å². The maximum absolute atomic E-state index is 6.04. The number of hydrogen-bond acceptors (Lipinski definition) is 2. The molecule has 0 aromatic heterocycles. The molecule has 0 N–H and O–H groups in total. The first kappa shape index (κ1) is 9.03. The van der Waals surface area contributed by atoms with Gasteiger partial charge in [-0.3, -0.25) is 0 Å². The molecule has 1 heterocycles. The van der Waals surface area contributed by atoms with Gasteiger partial charge in [0.05, 0.1) is 0 Å². The van der Waals surface area contributed by atoms with Gasteiger partial charge in [-0.05, 0) is 0 Å². The summed E-state index contributed by atoms with van der Waals surface area (Å²) in [4.78, 5) is 0. The molecule has 1 rings (SSSR count). The van der Waals surface area contributed by atoms with Crippen LogP contribution in [0.4, 0.5) is 0 Å². The zero-order chi connectivity index (χ0) is 7.83. The van der Waals surface area contributed by atoms with Crippen LogP contribution in [0, 0.1) is 0 Å². The minimum absolute atomic E-state index is 0.816. The molecular weight excluding hydrogens is 207 g/mol. The van der Waals surface area contributed by atoms with Crippen molar-refractivity contribution in [1.29, 1.82) is 0 Å². The highest BCUT2D eigenvalue weighted by Gasteiger charge is 2.60. The predicted molar refractivity (Wildman–Crippen MR) is 46.8 cm³/mol. The van der Waals surface area contributed by atoms with E-state index in [1.165, 1.54) is 0 Å². The highest BCUT2D eigenvalue weighted by molar-refractivity contribution is 7.41. The van der Waals surface area contributed by atoms with E-state index in [4.69, 9.17) is 31.0 Å². The lowest BCUT2D eigenvalue weighted by atomic mass is 11.7. The molecule has 1 aliphatic heterocycles. The van der Waals surface area contributed by atoms with Gasteiger partial charge in [0, 0.05) is 25.6 Å². The van der Waals surface area contributed by atoms with Crippen LogP contribution in [-0.2, 0) is 8.85 Å². The second-order valence-corrected chi connectivity index (χ2v) is 13.8. The van der Waals surface area contributed by atoms with Crippen LogP contribution in [0.3, 0.4) is 0 Å². The molecule has 6 heteroatoms. The molecule has 0 amide bonds. The van der Waals surface area contributed by atoms with E-state index >= 15 is 0 Å². The molecule has 0 aliphatic carbocycles. The van der Waals surface area contributed by atoms with Crippen molar-refractivity contribution in [2.24, 2.45) is 0 Å². The second kappa shape index (κ2) is 2.76. The third-order valence-corrected chi connectivity index (χ3v) is 17.4. The number of hydrogen-bond donors (Lipinski definition) is 0. The molecule has 0 aromatic carbocycles. The molecule has 60 valence electrons. The molecule has 0 radical (unpaired) electrons. The van der Waals surface area contributed by atoms with E-state index < -0.39 is 15.3 Å². The minimum Gasteiger partial charge on any atom is -0.407 e. The van der Waals surface area contributed by atoms with Crippen LogP contribution in [0.5, 0.6) is 0 Å². The van der Waals surface area contributed by atoms with Gasteiger partial charge in [-0.25, -0.2) is 0 Å². The summed E-state index contributed by atoms with van der Waals surface area (Å²) in [5.74, 6) is 0. The zero-order valence-corrected chi connectivity index (χ0v) is 9.50. The lowest BCUT2D eigenvalue weighted by Gasteiger charge is -2.42. The molecule has 0 saturated carbocycles. The monoisotopic (exact) mass is 216 g/mol. The summed E-state index contributed by atoms with van der Waals surface area (Å²) in [6.45, 7) is 0. The maximum atomic E-state index is 6.04. The Balaban J connectivity index is 2.42. The van der Waals surface area contributed by atoms with Gasteiger partial charge < -0.3 is 8.85 Å². The van der Waals surface area contributed by atoms with Crippen LogP contribution in [0.25, 0.3) is 0 Å². The molecular formula is C4H10Cl2O2Si2. The van der Waals surface area contributed by atoms with E-state index in [-0.39, 0.29) is 0 Å². The van der Waals surface area contributed by atoms with Crippen molar-refractivity contribution in [1.82, 2.24) is 0 Å². The summed E-state index contributed by atoms with van der Waals surface area (Å²) in [7, 11) is -0.395. The highest BCUT2D eigenvalue weighted by atomic mass is 35.6. The van der Waals surface area contributed by atoms with E-state index in [1.807, 2.05) is 0 Å². The Hall–Kier alpha value is 0.934. The SMILES string of the molecule is CO[Si]1(Cl)C[Si](Cl)(OC)C1. The van der Waals surface area contributed by atoms with E-state index in [9.17, 15) is 0 Å². The van der Waals surface area contributed by atoms with Crippen LogP contribution in [-0.4, -0.2) is 29.5 Å². The summed E-state index contributed by atoms with van der Waals surface area (Å²) in [6.07, 6.45) is 0. The topological polar surface area (TPSA) is 18.5 Å². The van der Waals surface area contributed by atoms with E-state index in [2.05, 4.69) is 0 Å². The predicted octanol–water partition coefficient (Wildman–Crippen LogP) is 1.73. The average molecular weight is 217 g/mol. The van der Waals surface area contributed by atoms with Crippen molar-refractivity contribution < 1.29 is 8.85 Å². The zero-order valence-electron chi connectivity index (χ0n) is 5.99. The quantitative estimate of drug-likeness (QED) is 0.518. The number of rotatable bonds is 2. The molecule has 0 bridgehead atoms. The molecule has 1 aliphatic rings. The first-order valence-electron chi connectivity index (χ1n) is 3.02. The third-order valence-electron chi connectivity index (χ3n) is 1.79. The van der Waals surface area contributed by atoms with Gasteiger partial charge in [-0.2, -0.15) is 0 Å². The number of halogens is 2. The first-order valence-corrected chi connectivity index (χ1v) is 9.69. The fourth-order valence-electron chi connectivity index (χ4n) is 1.03. The molecule has 0 unspecified atom stereocenters. The van der Waals surface area contributed by atoms with Gasteiger partial charge >= 0.3 is 0 Å². The summed E-state index contributed by atoms with van der Waals surface area (Å²) in [5.41, 5.74) is 1.63. The van der Waals surface area contributed by atoms with Gasteiger partial charge in [-0.15, -0.1) is 22.2 Å². The van der Waals surface area contributed by atoms with Crippen LogP contribution in [0.15, 0.2) is 0 Å². The maximum Gasteiger partial charge on any atom is 0.291 e. The Kier molecular flexibility index (Phi) is 2.50. The summed E-state index contributed by atoms with van der Waals surface area (Å²) in [5, 5.41) is 0. The molecule has 10 heavy (non-hydrogen) atoms. The lowest BCUT2D eigenvalue weighted by molar-refractivity contribution is 0.377. The van der Waals surface area contributed by atoms with Crippen molar-refractivity contribution >= 4 is 37.4 Å². The lowest BCUT2D eigenvalue weighted by Crippen LogP contribution is -2.59. The van der Waals surface area contributed by atoms with E-state index in [0.717, 1.165) is 11.3 Å². The van der Waals surface area contributed by atoms with E-state index in [1.54, 1.807) is 14.2 Å². The molecule has 1 saturated heterocycles. The minimum atomic E-state index is -1.85. The Labute approximate surface area is 72.1 Å². The largest absolute Gasteiger partial charge is 0.407 e.